The number of nitrogens with zero attached hydrogens (tertiary/aromatic N) is 3. The fourth-order valence-corrected chi connectivity index (χ4v) is 2.87. The van der Waals surface area contributed by atoms with Gasteiger partial charge in [-0.25, -0.2) is 4.98 Å². The number of aryl methyl sites for hydroxylation is 1. The van der Waals surface area contributed by atoms with Crippen molar-refractivity contribution in [3.8, 4) is 12.1 Å². The Bertz CT molecular complexity index is 978. The van der Waals surface area contributed by atoms with Gasteiger partial charge in [0.25, 0.3) is 0 Å². The number of allylic oxidation sites excluding steroid dienone is 3. The Hall–Kier alpha value is -3.31. The number of rotatable bonds is 1. The number of fused-ring (bicyclic) bond motifs is 1. The van der Waals surface area contributed by atoms with Crippen molar-refractivity contribution in [2.75, 3.05) is 5.73 Å². The van der Waals surface area contributed by atoms with Crippen LogP contribution in [0.15, 0.2) is 22.1 Å². The van der Waals surface area contributed by atoms with Crippen LogP contribution in [0.4, 0.5) is 5.82 Å². The van der Waals surface area contributed by atoms with Crippen molar-refractivity contribution in [1.82, 2.24) is 4.98 Å². The van der Waals surface area contributed by atoms with E-state index in [4.69, 9.17) is 10.2 Å². The lowest BCUT2D eigenvalue weighted by Gasteiger charge is -2.10. The van der Waals surface area contributed by atoms with Crippen LogP contribution in [-0.4, -0.2) is 4.98 Å². The molecule has 0 radical (unpaired) electrons. The Balaban J connectivity index is 2.34. The van der Waals surface area contributed by atoms with E-state index in [1.54, 1.807) is 0 Å². The van der Waals surface area contributed by atoms with Crippen molar-refractivity contribution >= 4 is 23.0 Å². The molecule has 2 N–H and O–H groups in total. The van der Waals surface area contributed by atoms with Gasteiger partial charge in [-0.1, -0.05) is 0 Å². The molecular weight excluding hydrogens is 288 g/mol. The molecule has 2 heterocycles. The van der Waals surface area contributed by atoms with Gasteiger partial charge in [-0.2, -0.15) is 10.5 Å². The quantitative estimate of drug-likeness (QED) is 0.867. The zero-order valence-corrected chi connectivity index (χ0v) is 13.1. The van der Waals surface area contributed by atoms with Gasteiger partial charge in [-0.15, -0.1) is 0 Å². The molecule has 1 aliphatic rings. The fourth-order valence-electron chi connectivity index (χ4n) is 2.87. The zero-order chi connectivity index (χ0) is 16.7. The van der Waals surface area contributed by atoms with Crippen molar-refractivity contribution in [2.24, 2.45) is 0 Å². The Kier molecular flexibility index (Phi) is 3.28. The molecule has 0 unspecified atom stereocenters. The molecular formula is C18H14N4O. The molecule has 2 aromatic rings. The highest BCUT2D eigenvalue weighted by molar-refractivity contribution is 6.08. The highest BCUT2D eigenvalue weighted by Gasteiger charge is 2.29. The first-order chi connectivity index (χ1) is 11.0. The molecule has 2 aromatic heterocycles. The van der Waals surface area contributed by atoms with Crippen molar-refractivity contribution in [2.45, 2.75) is 20.8 Å². The first-order valence-electron chi connectivity index (χ1n) is 7.08. The summed E-state index contributed by atoms with van der Waals surface area (Å²) in [5.74, 6) is 1.65. The third kappa shape index (κ3) is 2.11. The van der Waals surface area contributed by atoms with Crippen molar-refractivity contribution in [1.29, 1.82) is 10.5 Å². The smallest absolute Gasteiger partial charge is 0.142 e. The highest BCUT2D eigenvalue weighted by Crippen LogP contribution is 2.44. The maximum absolute atomic E-state index is 9.48. The number of nitrogen functional groups attached to an aromatic ring is 1. The Morgan fingerprint density at radius 2 is 1.91 bits per heavy atom. The Morgan fingerprint density at radius 3 is 2.48 bits per heavy atom. The molecule has 0 aromatic carbocycles. The fraction of sp³-hybridized carbons (Fsp3) is 0.167. The normalized spacial score (nSPS) is 14.7. The second-order valence-corrected chi connectivity index (χ2v) is 5.45. The molecule has 0 atom stereocenters. The first kappa shape index (κ1) is 14.6. The molecule has 0 amide bonds. The predicted octanol–water partition coefficient (Wildman–Crippen LogP) is 3.60. The molecule has 0 saturated carbocycles. The summed E-state index contributed by atoms with van der Waals surface area (Å²) in [5, 5.41) is 18.8. The summed E-state index contributed by atoms with van der Waals surface area (Å²) in [6.45, 7) is 5.56. The number of nitrogens with two attached hydrogens (primary N) is 1. The monoisotopic (exact) mass is 302 g/mol. The van der Waals surface area contributed by atoms with Crippen molar-refractivity contribution in [3.05, 3.63) is 51.6 Å². The van der Waals surface area contributed by atoms with Gasteiger partial charge in [0.05, 0.1) is 16.8 Å². The van der Waals surface area contributed by atoms with Crippen LogP contribution in [0.3, 0.4) is 0 Å². The van der Waals surface area contributed by atoms with Crippen LogP contribution >= 0.6 is 0 Å². The van der Waals surface area contributed by atoms with E-state index in [1.807, 2.05) is 39.0 Å². The molecule has 0 saturated heterocycles. The summed E-state index contributed by atoms with van der Waals surface area (Å²) in [6, 6.07) is 8.02. The van der Waals surface area contributed by atoms with E-state index in [0.29, 0.717) is 22.6 Å². The number of pyridine rings is 1. The van der Waals surface area contributed by atoms with Gasteiger partial charge in [0, 0.05) is 5.56 Å². The average molecular weight is 302 g/mol. The molecule has 23 heavy (non-hydrogen) atoms. The van der Waals surface area contributed by atoms with E-state index in [1.165, 1.54) is 0 Å². The number of hydrogen-bond acceptors (Lipinski definition) is 5. The molecule has 1 aliphatic carbocycles. The lowest BCUT2D eigenvalue weighted by Crippen LogP contribution is -2.03. The van der Waals surface area contributed by atoms with E-state index in [9.17, 15) is 10.5 Å². The minimum Gasteiger partial charge on any atom is -0.462 e. The SMILES string of the molecule is CC1=C(C#N)c2nc(N)c(C#N)c(C)c2/C1=C\c1ccc(C)o1. The third-order valence-corrected chi connectivity index (χ3v) is 4.03. The van der Waals surface area contributed by atoms with Gasteiger partial charge in [0.2, 0.25) is 0 Å². The molecule has 0 bridgehead atoms. The van der Waals surface area contributed by atoms with Gasteiger partial charge in [-0.3, -0.25) is 0 Å². The predicted molar refractivity (Wildman–Crippen MR) is 87.6 cm³/mol. The first-order valence-corrected chi connectivity index (χ1v) is 7.08. The lowest BCUT2D eigenvalue weighted by molar-refractivity contribution is 0.525. The van der Waals surface area contributed by atoms with Gasteiger partial charge >= 0.3 is 0 Å². The maximum atomic E-state index is 9.48. The van der Waals surface area contributed by atoms with E-state index in [-0.39, 0.29) is 5.82 Å². The van der Waals surface area contributed by atoms with Crippen molar-refractivity contribution < 1.29 is 4.42 Å². The summed E-state index contributed by atoms with van der Waals surface area (Å²) in [7, 11) is 0. The van der Waals surface area contributed by atoms with Crippen LogP contribution in [0.2, 0.25) is 0 Å². The highest BCUT2D eigenvalue weighted by atomic mass is 16.3. The van der Waals surface area contributed by atoms with E-state index >= 15 is 0 Å². The zero-order valence-electron chi connectivity index (χ0n) is 13.1. The van der Waals surface area contributed by atoms with Crippen LogP contribution in [0, 0.1) is 36.5 Å². The topological polar surface area (TPSA) is 99.6 Å². The average Bonchev–Trinajstić information content (AvgIpc) is 3.02. The minimum absolute atomic E-state index is 0.152. The number of anilines is 1. The molecule has 0 fully saturated rings. The molecule has 5 heteroatoms. The van der Waals surface area contributed by atoms with E-state index < -0.39 is 0 Å². The van der Waals surface area contributed by atoms with Crippen LogP contribution in [-0.2, 0) is 0 Å². The van der Waals surface area contributed by atoms with Crippen LogP contribution in [0.1, 0.15) is 40.8 Å². The second kappa shape index (κ2) is 5.15. The van der Waals surface area contributed by atoms with Crippen LogP contribution in [0.25, 0.3) is 17.2 Å². The summed E-state index contributed by atoms with van der Waals surface area (Å²) in [6.07, 6.45) is 1.87. The number of furan rings is 1. The molecule has 0 spiro atoms. The molecule has 0 aliphatic heterocycles. The molecule has 3 rings (SSSR count). The summed E-state index contributed by atoms with van der Waals surface area (Å²) >= 11 is 0. The largest absolute Gasteiger partial charge is 0.462 e. The van der Waals surface area contributed by atoms with Gasteiger partial charge in [0.15, 0.2) is 0 Å². The standard InChI is InChI=1S/C18H14N4O/c1-9-4-5-12(23-9)6-13-10(2)14(7-19)17-16(13)11(3)15(8-20)18(21)22-17/h4-6H,1-3H3,(H2,21,22)/b13-6-. The molecule has 5 nitrogen and oxygen atoms in total. The third-order valence-electron chi connectivity index (χ3n) is 4.03. The summed E-state index contributed by atoms with van der Waals surface area (Å²) in [5.41, 5.74) is 10.4. The number of nitriles is 2. The Morgan fingerprint density at radius 1 is 1.17 bits per heavy atom. The Labute approximate surface area is 134 Å². The lowest BCUT2D eigenvalue weighted by atomic mass is 9.96. The number of hydrogen-bond donors (Lipinski definition) is 1. The minimum atomic E-state index is 0.152. The van der Waals surface area contributed by atoms with E-state index in [0.717, 1.165) is 28.0 Å². The van der Waals surface area contributed by atoms with Crippen LogP contribution < -0.4 is 5.73 Å². The summed E-state index contributed by atoms with van der Waals surface area (Å²) in [4.78, 5) is 4.29. The molecule has 112 valence electrons. The second-order valence-electron chi connectivity index (χ2n) is 5.45. The van der Waals surface area contributed by atoms with Gasteiger partial charge in [0.1, 0.15) is 29.5 Å². The van der Waals surface area contributed by atoms with Crippen LogP contribution in [0.5, 0.6) is 0 Å². The van der Waals surface area contributed by atoms with Crippen molar-refractivity contribution in [3.63, 3.8) is 0 Å². The van der Waals surface area contributed by atoms with Gasteiger partial charge in [-0.05, 0) is 55.7 Å². The maximum Gasteiger partial charge on any atom is 0.142 e. The van der Waals surface area contributed by atoms with E-state index in [2.05, 4.69) is 17.1 Å². The number of aromatic nitrogens is 1. The summed E-state index contributed by atoms with van der Waals surface area (Å²) < 4.78 is 5.61. The van der Waals surface area contributed by atoms with Gasteiger partial charge < -0.3 is 10.2 Å².